The minimum atomic E-state index is 0.397. The Bertz CT molecular complexity index is 336. The summed E-state index contributed by atoms with van der Waals surface area (Å²) in [6.45, 7) is 4.96. The van der Waals surface area contributed by atoms with Crippen LogP contribution in [0.5, 0.6) is 0 Å². The highest BCUT2D eigenvalue weighted by molar-refractivity contribution is 7.80. The summed E-state index contributed by atoms with van der Waals surface area (Å²) >= 11 is 4.99. The molecular weight excluding hydrogens is 194 g/mol. The van der Waals surface area contributed by atoms with E-state index in [0.717, 1.165) is 29.9 Å². The van der Waals surface area contributed by atoms with Crippen LogP contribution in [-0.4, -0.2) is 16.5 Å². The van der Waals surface area contributed by atoms with Crippen molar-refractivity contribution in [3.8, 4) is 0 Å². The van der Waals surface area contributed by atoms with Crippen LogP contribution in [0.1, 0.15) is 24.5 Å². The molecule has 1 aromatic heterocycles. The fourth-order valence-corrected chi connectivity index (χ4v) is 1.50. The topological polar surface area (TPSA) is 50.9 Å². The Balaban J connectivity index is 3.02. The lowest BCUT2D eigenvalue weighted by atomic mass is 10.1. The van der Waals surface area contributed by atoms with Crippen molar-refractivity contribution < 1.29 is 0 Å². The fourth-order valence-electron chi connectivity index (χ4n) is 1.25. The van der Waals surface area contributed by atoms with Crippen LogP contribution in [0.25, 0.3) is 0 Å². The summed E-state index contributed by atoms with van der Waals surface area (Å²) in [5.41, 5.74) is 7.56. The van der Waals surface area contributed by atoms with Gasteiger partial charge in [0, 0.05) is 12.7 Å². The van der Waals surface area contributed by atoms with E-state index in [4.69, 9.17) is 18.0 Å². The zero-order valence-electron chi connectivity index (χ0n) is 8.50. The predicted octanol–water partition coefficient (Wildman–Crippen LogP) is 1.85. The number of pyridine rings is 1. The van der Waals surface area contributed by atoms with Gasteiger partial charge in [-0.2, -0.15) is 0 Å². The molecule has 14 heavy (non-hydrogen) atoms. The molecule has 0 atom stereocenters. The van der Waals surface area contributed by atoms with Gasteiger partial charge in [0.05, 0.1) is 5.56 Å². The van der Waals surface area contributed by atoms with Crippen LogP contribution < -0.4 is 11.1 Å². The Morgan fingerprint density at radius 1 is 1.64 bits per heavy atom. The summed E-state index contributed by atoms with van der Waals surface area (Å²) in [5.74, 6) is 0.791. The van der Waals surface area contributed by atoms with Crippen molar-refractivity contribution in [3.05, 3.63) is 23.4 Å². The van der Waals surface area contributed by atoms with Crippen molar-refractivity contribution in [2.45, 2.75) is 20.3 Å². The molecule has 0 radical (unpaired) electrons. The van der Waals surface area contributed by atoms with Crippen molar-refractivity contribution in [2.24, 2.45) is 5.73 Å². The molecule has 3 nitrogen and oxygen atoms in total. The van der Waals surface area contributed by atoms with E-state index < -0.39 is 0 Å². The van der Waals surface area contributed by atoms with Crippen molar-refractivity contribution >= 4 is 23.0 Å². The van der Waals surface area contributed by atoms with Crippen molar-refractivity contribution in [2.75, 3.05) is 11.9 Å². The molecule has 0 aliphatic rings. The monoisotopic (exact) mass is 209 g/mol. The largest absolute Gasteiger partial charge is 0.389 e. The molecule has 0 amide bonds. The SMILES string of the molecule is CCCNc1nccc(C)c1C(N)=S. The molecule has 1 rings (SSSR count). The summed E-state index contributed by atoms with van der Waals surface area (Å²) in [5, 5.41) is 3.21. The van der Waals surface area contributed by atoms with Gasteiger partial charge in [0.15, 0.2) is 0 Å². The second-order valence-electron chi connectivity index (χ2n) is 3.14. The first-order chi connectivity index (χ1) is 6.66. The van der Waals surface area contributed by atoms with E-state index in [1.165, 1.54) is 0 Å². The Morgan fingerprint density at radius 2 is 2.36 bits per heavy atom. The summed E-state index contributed by atoms with van der Waals surface area (Å²) < 4.78 is 0. The molecule has 0 fully saturated rings. The third-order valence-electron chi connectivity index (χ3n) is 1.95. The maximum atomic E-state index is 5.64. The van der Waals surface area contributed by atoms with Crippen LogP contribution in [-0.2, 0) is 0 Å². The van der Waals surface area contributed by atoms with Gasteiger partial charge in [-0.3, -0.25) is 0 Å². The maximum Gasteiger partial charge on any atom is 0.136 e. The number of aryl methyl sites for hydroxylation is 1. The van der Waals surface area contributed by atoms with Gasteiger partial charge in [0.25, 0.3) is 0 Å². The molecule has 0 spiro atoms. The van der Waals surface area contributed by atoms with E-state index in [0.29, 0.717) is 4.99 Å². The van der Waals surface area contributed by atoms with Crippen molar-refractivity contribution in [1.29, 1.82) is 0 Å². The van der Waals surface area contributed by atoms with Gasteiger partial charge >= 0.3 is 0 Å². The van der Waals surface area contributed by atoms with Gasteiger partial charge < -0.3 is 11.1 Å². The smallest absolute Gasteiger partial charge is 0.136 e. The van der Waals surface area contributed by atoms with E-state index in [1.54, 1.807) is 6.20 Å². The molecule has 76 valence electrons. The Kier molecular flexibility index (Phi) is 3.83. The molecule has 0 aliphatic heterocycles. The van der Waals surface area contributed by atoms with Crippen molar-refractivity contribution in [1.82, 2.24) is 4.98 Å². The zero-order chi connectivity index (χ0) is 10.6. The number of anilines is 1. The Morgan fingerprint density at radius 3 is 2.93 bits per heavy atom. The van der Waals surface area contributed by atoms with Crippen molar-refractivity contribution in [3.63, 3.8) is 0 Å². The highest BCUT2D eigenvalue weighted by Crippen LogP contribution is 2.16. The van der Waals surface area contributed by atoms with Gasteiger partial charge in [-0.15, -0.1) is 0 Å². The Labute approximate surface area is 89.7 Å². The van der Waals surface area contributed by atoms with Crippen LogP contribution in [0, 0.1) is 6.92 Å². The fraction of sp³-hybridized carbons (Fsp3) is 0.400. The van der Waals surface area contributed by atoms with Gasteiger partial charge in [-0.1, -0.05) is 19.1 Å². The zero-order valence-corrected chi connectivity index (χ0v) is 9.32. The number of hydrogen-bond donors (Lipinski definition) is 2. The molecule has 0 unspecified atom stereocenters. The first kappa shape index (κ1) is 10.9. The third-order valence-corrected chi connectivity index (χ3v) is 2.15. The minimum Gasteiger partial charge on any atom is -0.389 e. The highest BCUT2D eigenvalue weighted by Gasteiger charge is 2.08. The average Bonchev–Trinajstić information content (AvgIpc) is 2.14. The highest BCUT2D eigenvalue weighted by atomic mass is 32.1. The van der Waals surface area contributed by atoms with Crippen LogP contribution >= 0.6 is 12.2 Å². The number of nitrogens with one attached hydrogen (secondary N) is 1. The van der Waals surface area contributed by atoms with Crippen LogP contribution in [0.3, 0.4) is 0 Å². The number of rotatable bonds is 4. The molecule has 0 saturated carbocycles. The molecule has 3 N–H and O–H groups in total. The van der Waals surface area contributed by atoms with E-state index in [9.17, 15) is 0 Å². The quantitative estimate of drug-likeness (QED) is 0.743. The predicted molar refractivity (Wildman–Crippen MR) is 63.6 cm³/mol. The second-order valence-corrected chi connectivity index (χ2v) is 3.58. The van der Waals surface area contributed by atoms with Gasteiger partial charge in [0.1, 0.15) is 10.8 Å². The summed E-state index contributed by atoms with van der Waals surface area (Å²) in [6, 6.07) is 1.91. The number of nitrogens with zero attached hydrogens (tertiary/aromatic N) is 1. The Hall–Kier alpha value is -1.16. The van der Waals surface area contributed by atoms with E-state index in [2.05, 4.69) is 17.2 Å². The van der Waals surface area contributed by atoms with Crippen LogP contribution in [0.2, 0.25) is 0 Å². The summed E-state index contributed by atoms with van der Waals surface area (Å²) in [4.78, 5) is 4.62. The van der Waals surface area contributed by atoms with Crippen LogP contribution in [0.4, 0.5) is 5.82 Å². The second kappa shape index (κ2) is 4.91. The normalized spacial score (nSPS) is 9.86. The minimum absolute atomic E-state index is 0.397. The molecule has 1 heterocycles. The van der Waals surface area contributed by atoms with E-state index in [1.807, 2.05) is 13.0 Å². The molecule has 4 heteroatoms. The number of hydrogen-bond acceptors (Lipinski definition) is 3. The van der Waals surface area contributed by atoms with Gasteiger partial charge in [-0.05, 0) is 25.0 Å². The number of aromatic nitrogens is 1. The molecular formula is C10H15N3S. The molecule has 0 aliphatic carbocycles. The standard InChI is InChI=1S/C10H15N3S/c1-3-5-12-10-8(9(11)14)7(2)4-6-13-10/h4,6H,3,5H2,1-2H3,(H2,11,14)(H,12,13). The lowest BCUT2D eigenvalue weighted by Gasteiger charge is -2.11. The van der Waals surface area contributed by atoms with Gasteiger partial charge in [0.2, 0.25) is 0 Å². The average molecular weight is 209 g/mol. The summed E-state index contributed by atoms with van der Waals surface area (Å²) in [6.07, 6.45) is 2.81. The van der Waals surface area contributed by atoms with E-state index in [-0.39, 0.29) is 0 Å². The molecule has 0 aromatic carbocycles. The lowest BCUT2D eigenvalue weighted by Crippen LogP contribution is -2.16. The third kappa shape index (κ3) is 2.42. The lowest BCUT2D eigenvalue weighted by molar-refractivity contribution is 0.967. The number of nitrogens with two attached hydrogens (primary N) is 1. The maximum absolute atomic E-state index is 5.64. The molecule has 0 bridgehead atoms. The van der Waals surface area contributed by atoms with Gasteiger partial charge in [-0.25, -0.2) is 4.98 Å². The molecule has 0 saturated heterocycles. The van der Waals surface area contributed by atoms with E-state index >= 15 is 0 Å². The number of thiocarbonyl (C=S) groups is 1. The summed E-state index contributed by atoms with van der Waals surface area (Å²) in [7, 11) is 0. The molecule has 1 aromatic rings. The first-order valence-corrected chi connectivity index (χ1v) is 5.07. The van der Waals surface area contributed by atoms with Crippen LogP contribution in [0.15, 0.2) is 12.3 Å². The first-order valence-electron chi connectivity index (χ1n) is 4.66.